The van der Waals surface area contributed by atoms with Crippen molar-refractivity contribution in [2.45, 2.75) is 26.3 Å². The predicted octanol–water partition coefficient (Wildman–Crippen LogP) is 3.02. The van der Waals surface area contributed by atoms with Crippen molar-refractivity contribution in [3.63, 3.8) is 0 Å². The molecule has 0 bridgehead atoms. The van der Waals surface area contributed by atoms with E-state index in [0.29, 0.717) is 10.6 Å². The van der Waals surface area contributed by atoms with E-state index in [9.17, 15) is 4.79 Å². The maximum Gasteiger partial charge on any atom is 0.265 e. The Balaban J connectivity index is 2.43. The summed E-state index contributed by atoms with van der Waals surface area (Å²) < 4.78 is 5.13. The van der Waals surface area contributed by atoms with Crippen LogP contribution < -0.4 is 10.1 Å². The molecule has 1 aromatic heterocycles. The number of ether oxygens (including phenoxy) is 1. The van der Waals surface area contributed by atoms with Crippen LogP contribution in [0.3, 0.4) is 0 Å². The molecule has 96 valence electrons. The molecule has 3 nitrogen and oxygen atoms in total. The number of carbonyl (C=O) groups is 1. The molecule has 5 heteroatoms. The largest absolute Gasteiger partial charge is 0.495 e. The summed E-state index contributed by atoms with van der Waals surface area (Å²) in [7, 11) is 1.58. The molecule has 0 unspecified atom stereocenters. The first-order chi connectivity index (χ1) is 8.19. The summed E-state index contributed by atoms with van der Waals surface area (Å²) in [5.41, 5.74) is 0. The van der Waals surface area contributed by atoms with Gasteiger partial charge in [-0.15, -0.1) is 11.3 Å². The van der Waals surface area contributed by atoms with Crippen molar-refractivity contribution in [2.75, 3.05) is 18.6 Å². The first-order valence-electron chi connectivity index (χ1n) is 5.69. The first kappa shape index (κ1) is 14.4. The highest BCUT2D eigenvalue weighted by Gasteiger charge is 2.15. The van der Waals surface area contributed by atoms with Gasteiger partial charge in [0.25, 0.3) is 5.91 Å². The maximum atomic E-state index is 11.9. The molecular formula is C12H19NO2S2. The predicted molar refractivity (Wildman–Crippen MR) is 75.4 cm³/mol. The lowest BCUT2D eigenvalue weighted by atomic mass is 10.2. The Morgan fingerprint density at radius 1 is 1.65 bits per heavy atom. The number of thioether (sulfide) groups is 1. The van der Waals surface area contributed by atoms with Crippen molar-refractivity contribution in [2.24, 2.45) is 0 Å². The van der Waals surface area contributed by atoms with Crippen LogP contribution in [-0.4, -0.2) is 30.6 Å². The quantitative estimate of drug-likeness (QED) is 0.776. The van der Waals surface area contributed by atoms with Crippen LogP contribution in [0, 0.1) is 0 Å². The highest BCUT2D eigenvalue weighted by molar-refractivity contribution is 7.99. The lowest BCUT2D eigenvalue weighted by molar-refractivity contribution is 0.0941. The minimum absolute atomic E-state index is 0.0363. The van der Waals surface area contributed by atoms with E-state index in [-0.39, 0.29) is 11.9 Å². The van der Waals surface area contributed by atoms with Crippen LogP contribution in [0.1, 0.15) is 29.9 Å². The Labute approximate surface area is 111 Å². The molecule has 0 saturated heterocycles. The second kappa shape index (κ2) is 7.61. The fraction of sp³-hybridized carbons (Fsp3) is 0.583. The number of amides is 1. The fourth-order valence-corrected chi connectivity index (χ4v) is 2.96. The Hall–Kier alpha value is -0.680. The van der Waals surface area contributed by atoms with Crippen LogP contribution in [0.25, 0.3) is 0 Å². The van der Waals surface area contributed by atoms with Crippen molar-refractivity contribution >= 4 is 29.0 Å². The molecule has 0 saturated carbocycles. The maximum absolute atomic E-state index is 11.9. The molecule has 0 aliphatic carbocycles. The Morgan fingerprint density at radius 2 is 2.41 bits per heavy atom. The molecule has 1 heterocycles. The number of methoxy groups -OCH3 is 1. The molecule has 0 spiro atoms. The summed E-state index contributed by atoms with van der Waals surface area (Å²) in [5, 5.41) is 4.86. The summed E-state index contributed by atoms with van der Waals surface area (Å²) >= 11 is 3.31. The van der Waals surface area contributed by atoms with Crippen molar-refractivity contribution in [3.8, 4) is 5.75 Å². The molecule has 1 N–H and O–H groups in total. The van der Waals surface area contributed by atoms with E-state index >= 15 is 0 Å². The third-order valence-electron chi connectivity index (χ3n) is 2.33. The van der Waals surface area contributed by atoms with Gasteiger partial charge in [0.05, 0.1) is 7.11 Å². The van der Waals surface area contributed by atoms with Crippen LogP contribution in [0.2, 0.25) is 0 Å². The number of hydrogen-bond acceptors (Lipinski definition) is 4. The third-order valence-corrected chi connectivity index (χ3v) is 4.16. The number of rotatable bonds is 7. The van der Waals surface area contributed by atoms with E-state index < -0.39 is 0 Å². The van der Waals surface area contributed by atoms with Gasteiger partial charge in [0.2, 0.25) is 0 Å². The van der Waals surface area contributed by atoms with Gasteiger partial charge in [-0.1, -0.05) is 6.92 Å². The molecule has 1 aromatic rings. The topological polar surface area (TPSA) is 38.3 Å². The zero-order chi connectivity index (χ0) is 12.7. The number of hydrogen-bond donors (Lipinski definition) is 1. The monoisotopic (exact) mass is 273 g/mol. The van der Waals surface area contributed by atoms with Gasteiger partial charge < -0.3 is 10.1 Å². The third kappa shape index (κ3) is 4.60. The zero-order valence-corrected chi connectivity index (χ0v) is 12.1. The van der Waals surface area contributed by atoms with Crippen molar-refractivity contribution in [1.82, 2.24) is 5.32 Å². The second-order valence-corrected chi connectivity index (χ2v) is 5.99. The lowest BCUT2D eigenvalue weighted by Gasteiger charge is -2.13. The van der Waals surface area contributed by atoms with E-state index in [2.05, 4.69) is 12.2 Å². The SMILES string of the molecule is CCSCC[C@H](C)NC(=O)c1sccc1OC. The minimum atomic E-state index is -0.0363. The van der Waals surface area contributed by atoms with Crippen molar-refractivity contribution in [3.05, 3.63) is 16.3 Å². The van der Waals surface area contributed by atoms with E-state index in [1.165, 1.54) is 11.3 Å². The molecular weight excluding hydrogens is 254 g/mol. The van der Waals surface area contributed by atoms with Gasteiger partial charge >= 0.3 is 0 Å². The standard InChI is InChI=1S/C12H19NO2S2/c1-4-16-7-5-9(2)13-12(14)11-10(15-3)6-8-17-11/h6,8-9H,4-5,7H2,1-3H3,(H,13,14)/t9-/m0/s1. The van der Waals surface area contributed by atoms with Gasteiger partial charge in [-0.2, -0.15) is 11.8 Å². The molecule has 0 radical (unpaired) electrons. The van der Waals surface area contributed by atoms with E-state index in [4.69, 9.17) is 4.74 Å². The van der Waals surface area contributed by atoms with E-state index in [0.717, 1.165) is 17.9 Å². The summed E-state index contributed by atoms with van der Waals surface area (Å²) in [6.07, 6.45) is 0.998. The van der Waals surface area contributed by atoms with Gasteiger partial charge in [-0.05, 0) is 36.3 Å². The average Bonchev–Trinajstić information content (AvgIpc) is 2.77. The minimum Gasteiger partial charge on any atom is -0.495 e. The molecule has 1 atom stereocenters. The summed E-state index contributed by atoms with van der Waals surface area (Å²) in [4.78, 5) is 12.6. The summed E-state index contributed by atoms with van der Waals surface area (Å²) in [6, 6.07) is 2.02. The zero-order valence-electron chi connectivity index (χ0n) is 10.5. The van der Waals surface area contributed by atoms with Crippen molar-refractivity contribution in [1.29, 1.82) is 0 Å². The summed E-state index contributed by atoms with van der Waals surface area (Å²) in [6.45, 7) is 4.18. The first-order valence-corrected chi connectivity index (χ1v) is 7.72. The smallest absolute Gasteiger partial charge is 0.265 e. The Kier molecular flexibility index (Phi) is 6.44. The molecule has 1 rings (SSSR count). The number of carbonyl (C=O) groups excluding carboxylic acids is 1. The number of nitrogens with one attached hydrogen (secondary N) is 1. The van der Waals surface area contributed by atoms with Gasteiger partial charge in [0, 0.05) is 6.04 Å². The van der Waals surface area contributed by atoms with Gasteiger partial charge in [0.15, 0.2) is 0 Å². The Morgan fingerprint density at radius 3 is 3.06 bits per heavy atom. The highest BCUT2D eigenvalue weighted by Crippen LogP contribution is 2.24. The second-order valence-electron chi connectivity index (χ2n) is 3.68. The van der Waals surface area contributed by atoms with Gasteiger partial charge in [-0.25, -0.2) is 0 Å². The van der Waals surface area contributed by atoms with Crippen LogP contribution in [0.5, 0.6) is 5.75 Å². The Bertz CT molecular complexity index is 352. The van der Waals surface area contributed by atoms with E-state index in [1.807, 2.05) is 30.1 Å². The normalized spacial score (nSPS) is 12.2. The van der Waals surface area contributed by atoms with Crippen LogP contribution in [0.4, 0.5) is 0 Å². The van der Waals surface area contributed by atoms with Crippen LogP contribution in [0.15, 0.2) is 11.4 Å². The van der Waals surface area contributed by atoms with Crippen LogP contribution >= 0.6 is 23.1 Å². The van der Waals surface area contributed by atoms with Gasteiger partial charge in [-0.3, -0.25) is 4.79 Å². The van der Waals surface area contributed by atoms with Gasteiger partial charge in [0.1, 0.15) is 10.6 Å². The van der Waals surface area contributed by atoms with Crippen molar-refractivity contribution < 1.29 is 9.53 Å². The molecule has 0 aliphatic heterocycles. The lowest BCUT2D eigenvalue weighted by Crippen LogP contribution is -2.32. The molecule has 17 heavy (non-hydrogen) atoms. The highest BCUT2D eigenvalue weighted by atomic mass is 32.2. The molecule has 0 aromatic carbocycles. The molecule has 1 amide bonds. The average molecular weight is 273 g/mol. The van der Waals surface area contributed by atoms with E-state index in [1.54, 1.807) is 7.11 Å². The molecule has 0 fully saturated rings. The molecule has 0 aliphatic rings. The number of thiophene rings is 1. The summed E-state index contributed by atoms with van der Waals surface area (Å²) in [5.74, 6) is 2.83. The fourth-order valence-electron chi connectivity index (χ4n) is 1.39. The van der Waals surface area contributed by atoms with Crippen LogP contribution in [-0.2, 0) is 0 Å².